The van der Waals surface area contributed by atoms with Gasteiger partial charge in [-0.15, -0.1) is 0 Å². The normalized spacial score (nSPS) is 15.8. The molecule has 13 heavy (non-hydrogen) atoms. The minimum Gasteiger partial charge on any atom is -0.486 e. The van der Waals surface area contributed by atoms with Crippen LogP contribution >= 0.6 is 0 Å². The van der Waals surface area contributed by atoms with Gasteiger partial charge in [-0.25, -0.2) is 4.39 Å². The fraction of sp³-hybridized carbons (Fsp3) is 0.444. The summed E-state index contributed by atoms with van der Waals surface area (Å²) in [5.41, 5.74) is 5.73. The van der Waals surface area contributed by atoms with Crippen molar-refractivity contribution in [3.63, 3.8) is 0 Å². The summed E-state index contributed by atoms with van der Waals surface area (Å²) in [7, 11) is 0. The van der Waals surface area contributed by atoms with Crippen molar-refractivity contribution < 1.29 is 9.13 Å². The van der Waals surface area contributed by atoms with E-state index in [-0.39, 0.29) is 24.2 Å². The maximum absolute atomic E-state index is 13.4. The number of nitrogens with two attached hydrogens (primary N) is 1. The van der Waals surface area contributed by atoms with E-state index in [4.69, 9.17) is 10.5 Å². The zero-order valence-corrected chi connectivity index (χ0v) is 7.16. The van der Waals surface area contributed by atoms with Gasteiger partial charge in [0.15, 0.2) is 11.6 Å². The van der Waals surface area contributed by atoms with Crippen LogP contribution in [0.5, 0.6) is 5.75 Å². The monoisotopic (exact) mass is 182 g/mol. The number of aromatic nitrogens is 1. The summed E-state index contributed by atoms with van der Waals surface area (Å²) >= 11 is 0. The summed E-state index contributed by atoms with van der Waals surface area (Å²) in [5, 5.41) is 0. The molecule has 70 valence electrons. The lowest BCUT2D eigenvalue weighted by molar-refractivity contribution is 0.285. The van der Waals surface area contributed by atoms with Crippen molar-refractivity contribution in [3.8, 4) is 5.75 Å². The lowest BCUT2D eigenvalue weighted by atomic mass is 10.2. The number of hydrogen-bond donors (Lipinski definition) is 1. The third kappa shape index (κ3) is 1.78. The van der Waals surface area contributed by atoms with Crippen molar-refractivity contribution >= 4 is 0 Å². The van der Waals surface area contributed by atoms with Gasteiger partial charge in [-0.05, 0) is 12.8 Å². The second kappa shape index (κ2) is 3.30. The van der Waals surface area contributed by atoms with Crippen LogP contribution in [0.3, 0.4) is 0 Å². The van der Waals surface area contributed by atoms with Gasteiger partial charge < -0.3 is 10.5 Å². The number of ether oxygens (including phenoxy) is 1. The van der Waals surface area contributed by atoms with Crippen molar-refractivity contribution in [3.05, 3.63) is 23.8 Å². The molecule has 1 heterocycles. The van der Waals surface area contributed by atoms with Gasteiger partial charge >= 0.3 is 0 Å². The van der Waals surface area contributed by atoms with Crippen LogP contribution in [-0.2, 0) is 6.54 Å². The van der Waals surface area contributed by atoms with Gasteiger partial charge in [-0.1, -0.05) is 0 Å². The predicted molar refractivity (Wildman–Crippen MR) is 45.7 cm³/mol. The Hall–Kier alpha value is -1.16. The van der Waals surface area contributed by atoms with E-state index in [1.807, 2.05) is 0 Å². The molecule has 4 heteroatoms. The van der Waals surface area contributed by atoms with Crippen molar-refractivity contribution in [2.75, 3.05) is 0 Å². The maximum Gasteiger partial charge on any atom is 0.173 e. The smallest absolute Gasteiger partial charge is 0.173 e. The Morgan fingerprint density at radius 3 is 2.92 bits per heavy atom. The summed E-state index contributed by atoms with van der Waals surface area (Å²) in [6, 6.07) is 0. The number of pyridine rings is 1. The highest BCUT2D eigenvalue weighted by atomic mass is 19.1. The molecular formula is C9H11FN2O. The molecule has 1 aromatic heterocycles. The Bertz CT molecular complexity index is 312. The zero-order valence-electron chi connectivity index (χ0n) is 7.16. The molecule has 1 aliphatic carbocycles. The lowest BCUT2D eigenvalue weighted by Gasteiger charge is -2.06. The Morgan fingerprint density at radius 1 is 1.54 bits per heavy atom. The van der Waals surface area contributed by atoms with E-state index in [1.54, 1.807) is 0 Å². The fourth-order valence-electron chi connectivity index (χ4n) is 1.06. The molecular weight excluding hydrogens is 171 g/mol. The standard InChI is InChI=1S/C9H11FN2O/c10-9-6(3-11)4-12-5-8(9)13-7-1-2-7/h4-5,7H,1-3,11H2. The van der Waals surface area contributed by atoms with Crippen LogP contribution in [0.2, 0.25) is 0 Å². The molecule has 0 bridgehead atoms. The summed E-state index contributed by atoms with van der Waals surface area (Å²) in [4.78, 5) is 3.85. The molecule has 0 atom stereocenters. The van der Waals surface area contributed by atoms with Crippen molar-refractivity contribution in [2.45, 2.75) is 25.5 Å². The van der Waals surface area contributed by atoms with Crippen LogP contribution < -0.4 is 10.5 Å². The van der Waals surface area contributed by atoms with E-state index in [0.717, 1.165) is 12.8 Å². The number of hydrogen-bond acceptors (Lipinski definition) is 3. The maximum atomic E-state index is 13.4. The van der Waals surface area contributed by atoms with Crippen LogP contribution in [-0.4, -0.2) is 11.1 Å². The second-order valence-corrected chi connectivity index (χ2v) is 3.13. The molecule has 1 saturated carbocycles. The largest absolute Gasteiger partial charge is 0.486 e. The Kier molecular flexibility index (Phi) is 2.14. The molecule has 1 fully saturated rings. The summed E-state index contributed by atoms with van der Waals surface area (Å²) in [6.45, 7) is 0.153. The van der Waals surface area contributed by atoms with E-state index < -0.39 is 0 Å². The van der Waals surface area contributed by atoms with Crippen LogP contribution in [0.1, 0.15) is 18.4 Å². The number of nitrogens with zero attached hydrogens (tertiary/aromatic N) is 1. The van der Waals surface area contributed by atoms with E-state index >= 15 is 0 Å². The quantitative estimate of drug-likeness (QED) is 0.764. The third-order valence-corrected chi connectivity index (χ3v) is 1.96. The summed E-state index contributed by atoms with van der Waals surface area (Å²) in [6.07, 6.45) is 5.02. The number of halogens is 1. The van der Waals surface area contributed by atoms with Crippen LogP contribution in [0.4, 0.5) is 4.39 Å². The highest BCUT2D eigenvalue weighted by Crippen LogP contribution is 2.28. The second-order valence-electron chi connectivity index (χ2n) is 3.13. The Labute approximate surface area is 75.7 Å². The average Bonchev–Trinajstić information content (AvgIpc) is 2.92. The van der Waals surface area contributed by atoms with Crippen LogP contribution in [0.15, 0.2) is 12.4 Å². The molecule has 0 unspecified atom stereocenters. The molecule has 0 aromatic carbocycles. The lowest BCUT2D eigenvalue weighted by Crippen LogP contribution is -2.05. The molecule has 0 aliphatic heterocycles. The van der Waals surface area contributed by atoms with Crippen molar-refractivity contribution in [2.24, 2.45) is 5.73 Å². The van der Waals surface area contributed by atoms with Gasteiger partial charge in [-0.3, -0.25) is 4.98 Å². The Balaban J connectivity index is 2.22. The minimum atomic E-state index is -0.371. The molecule has 2 rings (SSSR count). The highest BCUT2D eigenvalue weighted by Gasteiger charge is 2.25. The van der Waals surface area contributed by atoms with E-state index in [0.29, 0.717) is 5.56 Å². The number of rotatable bonds is 3. The van der Waals surface area contributed by atoms with Gasteiger partial charge in [0.2, 0.25) is 0 Å². The van der Waals surface area contributed by atoms with Crippen molar-refractivity contribution in [1.29, 1.82) is 0 Å². The molecule has 2 N–H and O–H groups in total. The van der Waals surface area contributed by atoms with Gasteiger partial charge in [-0.2, -0.15) is 0 Å². The molecule has 1 aromatic rings. The van der Waals surface area contributed by atoms with Crippen LogP contribution in [0, 0.1) is 5.82 Å². The molecule has 3 nitrogen and oxygen atoms in total. The molecule has 0 spiro atoms. The topological polar surface area (TPSA) is 48.1 Å². The summed E-state index contributed by atoms with van der Waals surface area (Å²) in [5.74, 6) is -0.144. The first-order valence-electron chi connectivity index (χ1n) is 4.30. The first-order chi connectivity index (χ1) is 6.31. The van der Waals surface area contributed by atoms with Gasteiger partial charge in [0.25, 0.3) is 0 Å². The van der Waals surface area contributed by atoms with E-state index in [1.165, 1.54) is 12.4 Å². The van der Waals surface area contributed by atoms with E-state index in [2.05, 4.69) is 4.98 Å². The Morgan fingerprint density at radius 2 is 2.31 bits per heavy atom. The van der Waals surface area contributed by atoms with Crippen LogP contribution in [0.25, 0.3) is 0 Å². The predicted octanol–water partition coefficient (Wildman–Crippen LogP) is 1.22. The average molecular weight is 182 g/mol. The SMILES string of the molecule is NCc1cncc(OC2CC2)c1F. The first-order valence-corrected chi connectivity index (χ1v) is 4.30. The minimum absolute atomic E-state index is 0.153. The molecule has 0 saturated heterocycles. The summed E-state index contributed by atoms with van der Waals surface area (Å²) < 4.78 is 18.7. The van der Waals surface area contributed by atoms with Gasteiger partial charge in [0.05, 0.1) is 12.3 Å². The zero-order chi connectivity index (χ0) is 9.26. The van der Waals surface area contributed by atoms with Crippen molar-refractivity contribution in [1.82, 2.24) is 4.98 Å². The van der Waals surface area contributed by atoms with E-state index in [9.17, 15) is 4.39 Å². The molecule has 1 aliphatic rings. The van der Waals surface area contributed by atoms with Gasteiger partial charge in [0.1, 0.15) is 0 Å². The highest BCUT2D eigenvalue weighted by molar-refractivity contribution is 5.27. The molecule has 0 amide bonds. The fourth-order valence-corrected chi connectivity index (χ4v) is 1.06. The van der Waals surface area contributed by atoms with Gasteiger partial charge in [0, 0.05) is 18.3 Å². The molecule has 0 radical (unpaired) electrons. The first kappa shape index (κ1) is 8.44. The third-order valence-electron chi connectivity index (χ3n) is 1.96.